The molecule has 0 aliphatic heterocycles. The Kier molecular flexibility index (Phi) is 2.87. The van der Waals surface area contributed by atoms with Gasteiger partial charge in [-0.05, 0) is 28.8 Å². The third-order valence-electron chi connectivity index (χ3n) is 2.37. The summed E-state index contributed by atoms with van der Waals surface area (Å²) >= 11 is 1.69. The van der Waals surface area contributed by atoms with Gasteiger partial charge in [-0.1, -0.05) is 26.0 Å². The van der Waals surface area contributed by atoms with E-state index < -0.39 is 0 Å². The molecule has 0 amide bonds. The van der Waals surface area contributed by atoms with Crippen molar-refractivity contribution in [2.24, 2.45) is 5.92 Å². The van der Waals surface area contributed by atoms with Crippen molar-refractivity contribution in [2.45, 2.75) is 20.3 Å². The van der Waals surface area contributed by atoms with Gasteiger partial charge in [-0.2, -0.15) is 0 Å². The minimum absolute atomic E-state index is 0.250. The summed E-state index contributed by atoms with van der Waals surface area (Å²) in [6, 6.07) is 8.04. The van der Waals surface area contributed by atoms with E-state index in [4.69, 9.17) is 0 Å². The van der Waals surface area contributed by atoms with Crippen LogP contribution in [0.2, 0.25) is 0 Å². The fraction of sp³-hybridized carbons (Fsp3) is 0.308. The summed E-state index contributed by atoms with van der Waals surface area (Å²) in [4.78, 5) is 11.8. The molecule has 78 valence electrons. The number of thiophene rings is 1. The Bertz CT molecular complexity index is 482. The molecule has 1 nitrogen and oxygen atoms in total. The van der Waals surface area contributed by atoms with Crippen LogP contribution in [0.3, 0.4) is 0 Å². The third kappa shape index (κ3) is 2.26. The molecular formula is C13H14OS. The van der Waals surface area contributed by atoms with E-state index in [2.05, 4.69) is 25.3 Å². The van der Waals surface area contributed by atoms with Crippen LogP contribution in [0.15, 0.2) is 29.6 Å². The van der Waals surface area contributed by atoms with Gasteiger partial charge in [0.1, 0.15) is 0 Å². The van der Waals surface area contributed by atoms with Gasteiger partial charge in [0.2, 0.25) is 0 Å². The minimum atomic E-state index is 0.250. The molecule has 0 radical (unpaired) electrons. The summed E-state index contributed by atoms with van der Waals surface area (Å²) in [5.41, 5.74) is 0.846. The summed E-state index contributed by atoms with van der Waals surface area (Å²) in [5.74, 6) is 0.678. The fourth-order valence-corrected chi connectivity index (χ4v) is 2.45. The number of Topliss-reactive ketones (excluding diaryl/α,β-unsaturated/α-hetero) is 1. The summed E-state index contributed by atoms with van der Waals surface area (Å²) in [6.07, 6.45) is 0.636. The van der Waals surface area contributed by atoms with Gasteiger partial charge >= 0.3 is 0 Å². The topological polar surface area (TPSA) is 17.1 Å². The number of hydrogen-bond donors (Lipinski definition) is 0. The quantitative estimate of drug-likeness (QED) is 0.708. The van der Waals surface area contributed by atoms with Crippen LogP contribution in [0, 0.1) is 5.92 Å². The second-order valence-corrected chi connectivity index (χ2v) is 5.14. The van der Waals surface area contributed by atoms with Gasteiger partial charge in [-0.15, -0.1) is 11.3 Å². The van der Waals surface area contributed by atoms with Crippen molar-refractivity contribution in [3.63, 3.8) is 0 Å². The Morgan fingerprint density at radius 1 is 1.33 bits per heavy atom. The van der Waals surface area contributed by atoms with Crippen LogP contribution in [0.4, 0.5) is 0 Å². The van der Waals surface area contributed by atoms with Crippen molar-refractivity contribution in [3.8, 4) is 0 Å². The monoisotopic (exact) mass is 218 g/mol. The molecule has 0 saturated carbocycles. The van der Waals surface area contributed by atoms with Crippen molar-refractivity contribution in [1.82, 2.24) is 0 Å². The molecule has 15 heavy (non-hydrogen) atoms. The van der Waals surface area contributed by atoms with Crippen LogP contribution in [-0.2, 0) is 0 Å². The molecule has 0 fully saturated rings. The number of fused-ring (bicyclic) bond motifs is 1. The second-order valence-electron chi connectivity index (χ2n) is 4.19. The predicted octanol–water partition coefficient (Wildman–Crippen LogP) is 4.13. The van der Waals surface area contributed by atoms with E-state index in [-0.39, 0.29) is 5.78 Å². The first-order valence-corrected chi connectivity index (χ1v) is 6.05. The fourth-order valence-electron chi connectivity index (χ4n) is 1.62. The van der Waals surface area contributed by atoms with Crippen LogP contribution in [-0.4, -0.2) is 5.78 Å². The highest BCUT2D eigenvalue weighted by atomic mass is 32.1. The summed E-state index contributed by atoms with van der Waals surface area (Å²) in [7, 11) is 0. The summed E-state index contributed by atoms with van der Waals surface area (Å²) < 4.78 is 1.20. The average molecular weight is 218 g/mol. The number of benzene rings is 1. The van der Waals surface area contributed by atoms with E-state index in [9.17, 15) is 4.79 Å². The number of hydrogen-bond acceptors (Lipinski definition) is 2. The third-order valence-corrected chi connectivity index (χ3v) is 3.25. The standard InChI is InChI=1S/C13H14OS/c1-9(2)7-12(14)11-4-3-10-5-6-15-13(10)8-11/h3-6,8-9H,7H2,1-2H3. The molecule has 0 bridgehead atoms. The molecule has 0 aliphatic rings. The Morgan fingerprint density at radius 3 is 2.87 bits per heavy atom. The maximum atomic E-state index is 11.8. The zero-order chi connectivity index (χ0) is 10.8. The zero-order valence-corrected chi connectivity index (χ0v) is 9.80. The molecule has 2 aromatic rings. The van der Waals surface area contributed by atoms with Crippen molar-refractivity contribution in [1.29, 1.82) is 0 Å². The Morgan fingerprint density at radius 2 is 2.13 bits per heavy atom. The lowest BCUT2D eigenvalue weighted by Gasteiger charge is -2.03. The lowest BCUT2D eigenvalue weighted by atomic mass is 10.0. The molecule has 0 spiro atoms. The smallest absolute Gasteiger partial charge is 0.163 e. The van der Waals surface area contributed by atoms with E-state index >= 15 is 0 Å². The maximum absolute atomic E-state index is 11.8. The first-order valence-electron chi connectivity index (χ1n) is 5.17. The SMILES string of the molecule is CC(C)CC(=O)c1ccc2ccsc2c1. The lowest BCUT2D eigenvalue weighted by molar-refractivity contribution is 0.0968. The van der Waals surface area contributed by atoms with Crippen LogP contribution in [0.5, 0.6) is 0 Å². The highest BCUT2D eigenvalue weighted by molar-refractivity contribution is 7.17. The van der Waals surface area contributed by atoms with E-state index in [1.54, 1.807) is 11.3 Å². The Balaban J connectivity index is 2.31. The molecule has 2 heteroatoms. The summed E-state index contributed by atoms with van der Waals surface area (Å²) in [5, 5.41) is 3.28. The van der Waals surface area contributed by atoms with E-state index in [1.807, 2.05) is 18.2 Å². The first kappa shape index (κ1) is 10.4. The Labute approximate surface area is 93.7 Å². The number of carbonyl (C=O) groups excluding carboxylic acids is 1. The highest BCUT2D eigenvalue weighted by Crippen LogP contribution is 2.22. The second kappa shape index (κ2) is 4.15. The molecule has 0 saturated heterocycles. The van der Waals surface area contributed by atoms with Crippen LogP contribution in [0.25, 0.3) is 10.1 Å². The highest BCUT2D eigenvalue weighted by Gasteiger charge is 2.08. The molecule has 1 aromatic carbocycles. The normalized spacial score (nSPS) is 11.1. The van der Waals surface area contributed by atoms with Gasteiger partial charge in [0.25, 0.3) is 0 Å². The van der Waals surface area contributed by atoms with Gasteiger partial charge < -0.3 is 0 Å². The molecule has 0 unspecified atom stereocenters. The van der Waals surface area contributed by atoms with Crippen molar-refractivity contribution in [2.75, 3.05) is 0 Å². The summed E-state index contributed by atoms with van der Waals surface area (Å²) in [6.45, 7) is 4.14. The maximum Gasteiger partial charge on any atom is 0.163 e. The van der Waals surface area contributed by atoms with E-state index in [1.165, 1.54) is 10.1 Å². The molecule has 0 aliphatic carbocycles. The molecular weight excluding hydrogens is 204 g/mol. The first-order chi connectivity index (χ1) is 7.16. The van der Waals surface area contributed by atoms with Crippen molar-refractivity contribution in [3.05, 3.63) is 35.2 Å². The van der Waals surface area contributed by atoms with Gasteiger partial charge in [0, 0.05) is 16.7 Å². The molecule has 0 N–H and O–H groups in total. The zero-order valence-electron chi connectivity index (χ0n) is 8.99. The van der Waals surface area contributed by atoms with Gasteiger partial charge in [-0.3, -0.25) is 4.79 Å². The molecule has 1 heterocycles. The van der Waals surface area contributed by atoms with Crippen LogP contribution in [0.1, 0.15) is 30.6 Å². The number of ketones is 1. The van der Waals surface area contributed by atoms with Crippen LogP contribution < -0.4 is 0 Å². The number of carbonyl (C=O) groups is 1. The van der Waals surface area contributed by atoms with Gasteiger partial charge in [0.05, 0.1) is 0 Å². The van der Waals surface area contributed by atoms with Crippen molar-refractivity contribution >= 4 is 27.2 Å². The minimum Gasteiger partial charge on any atom is -0.294 e. The average Bonchev–Trinajstić information content (AvgIpc) is 2.62. The van der Waals surface area contributed by atoms with E-state index in [0.717, 1.165) is 5.56 Å². The molecule has 1 aromatic heterocycles. The molecule has 0 atom stereocenters. The van der Waals surface area contributed by atoms with Crippen LogP contribution >= 0.6 is 11.3 Å². The van der Waals surface area contributed by atoms with Gasteiger partial charge in [-0.25, -0.2) is 0 Å². The lowest BCUT2D eigenvalue weighted by Crippen LogP contribution is -2.02. The Hall–Kier alpha value is -1.15. The largest absolute Gasteiger partial charge is 0.294 e. The van der Waals surface area contributed by atoms with Gasteiger partial charge in [0.15, 0.2) is 5.78 Å². The van der Waals surface area contributed by atoms with E-state index in [0.29, 0.717) is 12.3 Å². The van der Waals surface area contributed by atoms with Crippen molar-refractivity contribution < 1.29 is 4.79 Å². The number of rotatable bonds is 3. The molecule has 2 rings (SSSR count). The predicted molar refractivity (Wildman–Crippen MR) is 65.6 cm³/mol.